The third-order valence-electron chi connectivity index (χ3n) is 3.76. The molecule has 3 aromatic rings. The van der Waals surface area contributed by atoms with Crippen molar-refractivity contribution < 1.29 is 9.72 Å². The molecule has 0 spiro atoms. The zero-order chi connectivity index (χ0) is 21.5. The number of anilines is 2. The normalized spacial score (nSPS) is 10.8. The minimum absolute atomic E-state index is 0.0384. The van der Waals surface area contributed by atoms with Crippen molar-refractivity contribution in [3.63, 3.8) is 0 Å². The summed E-state index contributed by atoms with van der Waals surface area (Å²) in [6.45, 7) is 1.94. The third kappa shape index (κ3) is 5.54. The Morgan fingerprint density at radius 2 is 2.10 bits per heavy atom. The van der Waals surface area contributed by atoms with E-state index < -0.39 is 4.92 Å². The second kappa shape index (κ2) is 9.52. The smallest absolute Gasteiger partial charge is 0.270 e. The Labute approximate surface area is 175 Å². The molecular weight excluding hydrogens is 408 g/mol. The van der Waals surface area contributed by atoms with Crippen LogP contribution in [0.3, 0.4) is 0 Å². The van der Waals surface area contributed by atoms with Crippen LogP contribution in [0.4, 0.5) is 17.3 Å². The number of nitrogens with one attached hydrogen (secondary N) is 2. The molecule has 0 aliphatic carbocycles. The Balaban J connectivity index is 1.54. The highest BCUT2D eigenvalue weighted by atomic mass is 32.2. The number of nitrogen functional groups attached to an aromatic ring is 1. The lowest BCUT2D eigenvalue weighted by Gasteiger charge is -2.06. The van der Waals surface area contributed by atoms with Gasteiger partial charge in [-0.1, -0.05) is 36.0 Å². The first-order valence-electron chi connectivity index (χ1n) is 8.66. The van der Waals surface area contributed by atoms with Gasteiger partial charge in [-0.25, -0.2) is 10.1 Å². The molecule has 2 aromatic carbocycles. The molecule has 0 saturated heterocycles. The number of benzene rings is 2. The van der Waals surface area contributed by atoms with Crippen molar-refractivity contribution in [2.75, 3.05) is 22.3 Å². The maximum atomic E-state index is 12.1. The molecule has 12 heteroatoms. The summed E-state index contributed by atoms with van der Waals surface area (Å²) >= 11 is 1.12. The highest BCUT2D eigenvalue weighted by Gasteiger charge is 2.12. The number of nitrogens with zero attached hydrogens (tertiary/aromatic N) is 5. The van der Waals surface area contributed by atoms with Gasteiger partial charge in [0.15, 0.2) is 0 Å². The number of hydrogen-bond acceptors (Lipinski definition) is 9. The highest BCUT2D eigenvalue weighted by Crippen LogP contribution is 2.18. The summed E-state index contributed by atoms with van der Waals surface area (Å²) in [5, 5.41) is 25.7. The molecular formula is C18H18N8O3S. The van der Waals surface area contributed by atoms with Gasteiger partial charge in [0.25, 0.3) is 11.6 Å². The Morgan fingerprint density at radius 3 is 2.87 bits per heavy atom. The fraction of sp³-hybridized carbons (Fsp3) is 0.111. The molecule has 1 aromatic heterocycles. The summed E-state index contributed by atoms with van der Waals surface area (Å²) in [4.78, 5) is 22.4. The Morgan fingerprint density at radius 1 is 1.30 bits per heavy atom. The molecule has 0 atom stereocenters. The molecule has 11 nitrogen and oxygen atoms in total. The van der Waals surface area contributed by atoms with E-state index in [4.69, 9.17) is 5.84 Å². The van der Waals surface area contributed by atoms with Crippen LogP contribution in [-0.2, 0) is 4.79 Å². The zero-order valence-corrected chi connectivity index (χ0v) is 16.7. The van der Waals surface area contributed by atoms with Crippen molar-refractivity contribution in [2.45, 2.75) is 12.1 Å². The molecule has 1 amide bonds. The van der Waals surface area contributed by atoms with Crippen molar-refractivity contribution in [3.05, 3.63) is 69.8 Å². The van der Waals surface area contributed by atoms with Gasteiger partial charge in [-0.05, 0) is 24.6 Å². The van der Waals surface area contributed by atoms with E-state index in [0.29, 0.717) is 16.4 Å². The van der Waals surface area contributed by atoms with Gasteiger partial charge in [0, 0.05) is 23.4 Å². The van der Waals surface area contributed by atoms with Crippen LogP contribution >= 0.6 is 11.8 Å². The van der Waals surface area contributed by atoms with E-state index in [1.165, 1.54) is 18.3 Å². The molecule has 0 saturated carbocycles. The minimum atomic E-state index is -0.486. The molecule has 0 radical (unpaired) electrons. The monoisotopic (exact) mass is 426 g/mol. The molecule has 4 N–H and O–H groups in total. The van der Waals surface area contributed by atoms with Gasteiger partial charge < -0.3 is 11.2 Å². The number of hydrogen-bond donors (Lipinski definition) is 3. The predicted molar refractivity (Wildman–Crippen MR) is 115 cm³/mol. The molecule has 0 aliphatic rings. The van der Waals surface area contributed by atoms with Crippen LogP contribution in [0, 0.1) is 17.0 Å². The number of nitro benzene ring substituents is 1. The second-order valence-corrected chi connectivity index (χ2v) is 7.05. The summed E-state index contributed by atoms with van der Waals surface area (Å²) in [5.74, 6) is 5.97. The predicted octanol–water partition coefficient (Wildman–Crippen LogP) is 2.39. The SMILES string of the molecule is Cc1cccc(NC(=O)CSc2nnc(N/N=C/c3cccc([N+](=O)[O-])c3)n2N)c1. The van der Waals surface area contributed by atoms with Gasteiger partial charge in [-0.15, -0.1) is 10.2 Å². The Bertz CT molecular complexity index is 1100. The number of amides is 1. The second-order valence-electron chi connectivity index (χ2n) is 6.10. The van der Waals surface area contributed by atoms with E-state index in [-0.39, 0.29) is 23.3 Å². The summed E-state index contributed by atoms with van der Waals surface area (Å²) in [6, 6.07) is 13.5. The van der Waals surface area contributed by atoms with Crippen LogP contribution in [0.15, 0.2) is 58.8 Å². The topological polar surface area (TPSA) is 153 Å². The summed E-state index contributed by atoms with van der Waals surface area (Å²) in [5.41, 5.74) is 4.87. The molecule has 1 heterocycles. The van der Waals surface area contributed by atoms with Crippen LogP contribution in [0.5, 0.6) is 0 Å². The minimum Gasteiger partial charge on any atom is -0.334 e. The molecule has 30 heavy (non-hydrogen) atoms. The van der Waals surface area contributed by atoms with Gasteiger partial charge in [0.05, 0.1) is 16.9 Å². The Hall–Kier alpha value is -3.93. The van der Waals surface area contributed by atoms with Crippen molar-refractivity contribution in [1.29, 1.82) is 0 Å². The van der Waals surface area contributed by atoms with Crippen molar-refractivity contribution in [3.8, 4) is 0 Å². The summed E-state index contributed by atoms with van der Waals surface area (Å²) in [7, 11) is 0. The lowest BCUT2D eigenvalue weighted by molar-refractivity contribution is -0.384. The van der Waals surface area contributed by atoms with Crippen LogP contribution in [-0.4, -0.2) is 37.7 Å². The van der Waals surface area contributed by atoms with E-state index in [1.54, 1.807) is 12.1 Å². The summed E-state index contributed by atoms with van der Waals surface area (Å²) < 4.78 is 1.16. The average Bonchev–Trinajstić information content (AvgIpc) is 3.06. The van der Waals surface area contributed by atoms with Gasteiger partial charge >= 0.3 is 0 Å². The Kier molecular flexibility index (Phi) is 6.60. The molecule has 3 rings (SSSR count). The number of nitrogens with two attached hydrogens (primary N) is 1. The van der Waals surface area contributed by atoms with E-state index in [1.807, 2.05) is 31.2 Å². The maximum Gasteiger partial charge on any atom is 0.270 e. The number of carbonyl (C=O) groups excluding carboxylic acids is 1. The lowest BCUT2D eigenvalue weighted by atomic mass is 10.2. The molecule has 154 valence electrons. The summed E-state index contributed by atoms with van der Waals surface area (Å²) in [6.07, 6.45) is 1.39. The quantitative estimate of drug-likeness (QED) is 0.163. The van der Waals surface area contributed by atoms with Gasteiger partial charge in [0.2, 0.25) is 11.1 Å². The first-order valence-corrected chi connectivity index (χ1v) is 9.64. The van der Waals surface area contributed by atoms with E-state index in [2.05, 4.69) is 26.0 Å². The number of non-ortho nitro benzene ring substituents is 1. The molecule has 0 unspecified atom stereocenters. The van der Waals surface area contributed by atoms with E-state index in [9.17, 15) is 14.9 Å². The maximum absolute atomic E-state index is 12.1. The number of nitro groups is 1. The molecule has 0 fully saturated rings. The third-order valence-corrected chi connectivity index (χ3v) is 4.70. The van der Waals surface area contributed by atoms with Crippen LogP contribution in [0.1, 0.15) is 11.1 Å². The standard InChI is InChI=1S/C18H18N8O3S/c1-12-4-2-6-14(8-12)21-16(27)11-30-18-24-23-17(25(18)19)22-20-10-13-5-3-7-15(9-13)26(28)29/h2-10H,11,19H2,1H3,(H,21,27)(H,22,23)/b20-10+. The van der Waals surface area contributed by atoms with Crippen molar-refractivity contribution in [1.82, 2.24) is 14.9 Å². The fourth-order valence-electron chi connectivity index (χ4n) is 2.38. The lowest BCUT2D eigenvalue weighted by Crippen LogP contribution is -2.16. The number of hydrazone groups is 1. The fourth-order valence-corrected chi connectivity index (χ4v) is 3.04. The number of carbonyl (C=O) groups is 1. The largest absolute Gasteiger partial charge is 0.334 e. The highest BCUT2D eigenvalue weighted by molar-refractivity contribution is 7.99. The van der Waals surface area contributed by atoms with Crippen LogP contribution in [0.2, 0.25) is 0 Å². The van der Waals surface area contributed by atoms with Crippen LogP contribution in [0.25, 0.3) is 0 Å². The van der Waals surface area contributed by atoms with Gasteiger partial charge in [0.1, 0.15) is 0 Å². The first-order chi connectivity index (χ1) is 14.4. The average molecular weight is 426 g/mol. The van der Waals surface area contributed by atoms with Gasteiger partial charge in [-0.2, -0.15) is 5.10 Å². The van der Waals surface area contributed by atoms with Crippen molar-refractivity contribution in [2.24, 2.45) is 5.10 Å². The van der Waals surface area contributed by atoms with Crippen molar-refractivity contribution >= 4 is 41.2 Å². The first kappa shape index (κ1) is 20.8. The zero-order valence-electron chi connectivity index (χ0n) is 15.8. The number of aryl methyl sites for hydroxylation is 1. The van der Waals surface area contributed by atoms with Gasteiger partial charge in [-0.3, -0.25) is 14.9 Å². The van der Waals surface area contributed by atoms with E-state index >= 15 is 0 Å². The molecule has 0 aliphatic heterocycles. The van der Waals surface area contributed by atoms with Crippen LogP contribution < -0.4 is 16.6 Å². The van der Waals surface area contributed by atoms with E-state index in [0.717, 1.165) is 22.0 Å². The number of thioether (sulfide) groups is 1. The number of rotatable bonds is 8. The number of aromatic nitrogens is 3. The molecule has 0 bridgehead atoms.